The standard InChI is InChI=1S/C16H22N2O2S/c19-15(12-21-14-4-8-17-9-5-14)18-10-7-16(20)6-2-1-3-13(16)11-18/h4-5,8-9,13,20H,1-3,6-7,10-12H2. The maximum Gasteiger partial charge on any atom is 0.232 e. The first-order valence-electron chi connectivity index (χ1n) is 7.70. The van der Waals surface area contributed by atoms with Gasteiger partial charge in [0, 0.05) is 36.3 Å². The Morgan fingerprint density at radius 1 is 1.38 bits per heavy atom. The van der Waals surface area contributed by atoms with Gasteiger partial charge in [0.25, 0.3) is 0 Å². The number of hydrogen-bond acceptors (Lipinski definition) is 4. The normalized spacial score (nSPS) is 29.0. The lowest BCUT2D eigenvalue weighted by Crippen LogP contribution is -2.55. The minimum atomic E-state index is -0.507. The van der Waals surface area contributed by atoms with E-state index in [1.54, 1.807) is 24.2 Å². The monoisotopic (exact) mass is 306 g/mol. The summed E-state index contributed by atoms with van der Waals surface area (Å²) in [7, 11) is 0. The van der Waals surface area contributed by atoms with E-state index in [2.05, 4.69) is 4.98 Å². The molecule has 0 bridgehead atoms. The summed E-state index contributed by atoms with van der Waals surface area (Å²) in [6.07, 6.45) is 8.50. The zero-order valence-electron chi connectivity index (χ0n) is 12.2. The second kappa shape index (κ2) is 6.36. The van der Waals surface area contributed by atoms with Crippen molar-refractivity contribution in [3.8, 4) is 0 Å². The Hall–Kier alpha value is -1.07. The Bertz CT molecular complexity index is 496. The minimum absolute atomic E-state index is 0.185. The van der Waals surface area contributed by atoms with Crippen molar-refractivity contribution >= 4 is 17.7 Å². The zero-order chi connectivity index (χ0) is 14.7. The van der Waals surface area contributed by atoms with E-state index in [-0.39, 0.29) is 11.8 Å². The molecule has 21 heavy (non-hydrogen) atoms. The molecule has 3 rings (SSSR count). The van der Waals surface area contributed by atoms with Crippen LogP contribution in [0.15, 0.2) is 29.4 Å². The molecule has 2 fully saturated rings. The molecule has 2 unspecified atom stereocenters. The number of fused-ring (bicyclic) bond motifs is 1. The summed E-state index contributed by atoms with van der Waals surface area (Å²) in [5.74, 6) is 0.925. The second-order valence-electron chi connectivity index (χ2n) is 6.11. The quantitative estimate of drug-likeness (QED) is 0.871. The van der Waals surface area contributed by atoms with E-state index in [0.717, 1.165) is 37.1 Å². The highest BCUT2D eigenvalue weighted by molar-refractivity contribution is 8.00. The highest BCUT2D eigenvalue weighted by atomic mass is 32.2. The smallest absolute Gasteiger partial charge is 0.232 e. The van der Waals surface area contributed by atoms with Crippen LogP contribution in [0.5, 0.6) is 0 Å². The van der Waals surface area contributed by atoms with E-state index in [9.17, 15) is 9.90 Å². The molecule has 2 heterocycles. The maximum absolute atomic E-state index is 12.4. The van der Waals surface area contributed by atoms with Crippen molar-refractivity contribution in [2.24, 2.45) is 5.92 Å². The number of thioether (sulfide) groups is 1. The first-order valence-corrected chi connectivity index (χ1v) is 8.69. The van der Waals surface area contributed by atoms with Crippen molar-refractivity contribution in [3.63, 3.8) is 0 Å². The Morgan fingerprint density at radius 2 is 2.19 bits per heavy atom. The van der Waals surface area contributed by atoms with Crippen LogP contribution in [-0.2, 0) is 4.79 Å². The van der Waals surface area contributed by atoms with Gasteiger partial charge in [0.05, 0.1) is 11.4 Å². The predicted molar refractivity (Wildman–Crippen MR) is 83.1 cm³/mol. The predicted octanol–water partition coefficient (Wildman–Crippen LogP) is 2.33. The van der Waals surface area contributed by atoms with E-state index >= 15 is 0 Å². The van der Waals surface area contributed by atoms with Crippen molar-refractivity contribution < 1.29 is 9.90 Å². The summed E-state index contributed by atoms with van der Waals surface area (Å²) >= 11 is 1.56. The highest BCUT2D eigenvalue weighted by Crippen LogP contribution is 2.39. The molecule has 2 atom stereocenters. The largest absolute Gasteiger partial charge is 0.389 e. The Balaban J connectivity index is 1.54. The molecule has 4 nitrogen and oxygen atoms in total. The molecule has 5 heteroatoms. The van der Waals surface area contributed by atoms with Crippen molar-refractivity contribution in [3.05, 3.63) is 24.5 Å². The van der Waals surface area contributed by atoms with Gasteiger partial charge in [-0.05, 0) is 31.4 Å². The van der Waals surface area contributed by atoms with E-state index in [1.807, 2.05) is 17.0 Å². The number of likely N-dealkylation sites (tertiary alicyclic amines) is 1. The summed E-state index contributed by atoms with van der Waals surface area (Å²) in [5, 5.41) is 10.6. The summed E-state index contributed by atoms with van der Waals surface area (Å²) in [4.78, 5) is 19.4. The molecule has 1 aromatic heterocycles. The van der Waals surface area contributed by atoms with Crippen LogP contribution in [0.3, 0.4) is 0 Å². The van der Waals surface area contributed by atoms with Gasteiger partial charge in [0.1, 0.15) is 0 Å². The number of carbonyl (C=O) groups is 1. The number of hydrogen-bond donors (Lipinski definition) is 1. The summed E-state index contributed by atoms with van der Waals surface area (Å²) in [6.45, 7) is 1.43. The Morgan fingerprint density at radius 3 is 3.00 bits per heavy atom. The van der Waals surface area contributed by atoms with Crippen molar-refractivity contribution in [1.82, 2.24) is 9.88 Å². The van der Waals surface area contributed by atoms with Gasteiger partial charge in [-0.25, -0.2) is 0 Å². The third-order valence-corrected chi connectivity index (χ3v) is 5.79. The molecule has 0 aromatic carbocycles. The average molecular weight is 306 g/mol. The molecule has 1 aliphatic heterocycles. The number of carbonyl (C=O) groups excluding carboxylic acids is 1. The van der Waals surface area contributed by atoms with Gasteiger partial charge in [-0.15, -0.1) is 11.8 Å². The van der Waals surface area contributed by atoms with E-state index in [1.165, 1.54) is 6.42 Å². The lowest BCUT2D eigenvalue weighted by atomic mass is 9.71. The fourth-order valence-electron chi connectivity index (χ4n) is 3.47. The minimum Gasteiger partial charge on any atom is -0.389 e. The number of aliphatic hydroxyl groups is 1. The van der Waals surface area contributed by atoms with Gasteiger partial charge in [-0.2, -0.15) is 0 Å². The summed E-state index contributed by atoms with van der Waals surface area (Å²) in [5.41, 5.74) is -0.507. The van der Waals surface area contributed by atoms with Gasteiger partial charge in [0.15, 0.2) is 0 Å². The van der Waals surface area contributed by atoms with E-state index < -0.39 is 5.60 Å². The molecule has 1 saturated carbocycles. The highest BCUT2D eigenvalue weighted by Gasteiger charge is 2.43. The van der Waals surface area contributed by atoms with Gasteiger partial charge in [-0.1, -0.05) is 12.8 Å². The molecule has 0 spiro atoms. The number of amides is 1. The SMILES string of the molecule is O=C(CSc1ccncc1)N1CCC2(O)CCCCC2C1. The molecule has 1 amide bonds. The topological polar surface area (TPSA) is 53.4 Å². The van der Waals surface area contributed by atoms with Crippen LogP contribution in [0.25, 0.3) is 0 Å². The third-order valence-electron chi connectivity index (χ3n) is 4.79. The van der Waals surface area contributed by atoms with Crippen LogP contribution in [0, 0.1) is 5.92 Å². The lowest BCUT2D eigenvalue weighted by Gasteiger charge is -2.47. The molecule has 1 aromatic rings. The third kappa shape index (κ3) is 3.40. The van der Waals surface area contributed by atoms with E-state index in [4.69, 9.17) is 0 Å². The second-order valence-corrected chi connectivity index (χ2v) is 7.16. The fourth-order valence-corrected chi connectivity index (χ4v) is 4.26. The van der Waals surface area contributed by atoms with Crippen LogP contribution in [0.1, 0.15) is 32.1 Å². The first-order chi connectivity index (χ1) is 10.2. The van der Waals surface area contributed by atoms with Gasteiger partial charge in [-0.3, -0.25) is 9.78 Å². The molecule has 1 saturated heterocycles. The molecule has 0 radical (unpaired) electrons. The van der Waals surface area contributed by atoms with Crippen LogP contribution in [-0.4, -0.2) is 45.3 Å². The van der Waals surface area contributed by atoms with E-state index in [0.29, 0.717) is 12.3 Å². The van der Waals surface area contributed by atoms with Crippen LogP contribution in [0.4, 0.5) is 0 Å². The summed E-state index contributed by atoms with van der Waals surface area (Å²) < 4.78 is 0. The molecule has 1 N–H and O–H groups in total. The van der Waals surface area contributed by atoms with Gasteiger partial charge in [0.2, 0.25) is 5.91 Å². The molecule has 2 aliphatic rings. The number of aromatic nitrogens is 1. The van der Waals surface area contributed by atoms with Crippen LogP contribution >= 0.6 is 11.8 Å². The van der Waals surface area contributed by atoms with Crippen LogP contribution in [0.2, 0.25) is 0 Å². The van der Waals surface area contributed by atoms with Crippen molar-refractivity contribution in [2.75, 3.05) is 18.8 Å². The number of piperidine rings is 1. The number of rotatable bonds is 3. The molecular weight excluding hydrogens is 284 g/mol. The molecule has 114 valence electrons. The van der Waals surface area contributed by atoms with Crippen molar-refractivity contribution in [1.29, 1.82) is 0 Å². The molecular formula is C16H22N2O2S. The average Bonchev–Trinajstić information content (AvgIpc) is 2.52. The number of pyridine rings is 1. The number of nitrogens with zero attached hydrogens (tertiary/aromatic N) is 2. The Kier molecular flexibility index (Phi) is 4.50. The first kappa shape index (κ1) is 14.9. The van der Waals surface area contributed by atoms with Gasteiger partial charge >= 0.3 is 0 Å². The lowest BCUT2D eigenvalue weighted by molar-refractivity contribution is -0.140. The zero-order valence-corrected chi connectivity index (χ0v) is 13.0. The van der Waals surface area contributed by atoms with Crippen LogP contribution < -0.4 is 0 Å². The molecule has 1 aliphatic carbocycles. The maximum atomic E-state index is 12.4. The van der Waals surface area contributed by atoms with Gasteiger partial charge < -0.3 is 10.0 Å². The summed E-state index contributed by atoms with van der Waals surface area (Å²) in [6, 6.07) is 3.85. The Labute approximate surface area is 129 Å². The van der Waals surface area contributed by atoms with Crippen molar-refractivity contribution in [2.45, 2.75) is 42.6 Å². The fraction of sp³-hybridized carbons (Fsp3) is 0.625.